The number of nitrogens with two attached hydrogens (primary N) is 1. The van der Waals surface area contributed by atoms with E-state index in [4.69, 9.17) is 10.5 Å². The van der Waals surface area contributed by atoms with Crippen LogP contribution in [0.3, 0.4) is 0 Å². The van der Waals surface area contributed by atoms with Gasteiger partial charge in [0.25, 0.3) is 0 Å². The third kappa shape index (κ3) is 7.14. The summed E-state index contributed by atoms with van der Waals surface area (Å²) in [4.78, 5) is 23.6. The van der Waals surface area contributed by atoms with Crippen LogP contribution in [0.15, 0.2) is 18.2 Å². The Bertz CT molecular complexity index is 555. The molecule has 0 aliphatic carbocycles. The summed E-state index contributed by atoms with van der Waals surface area (Å²) in [5.41, 5.74) is 6.04. The molecule has 24 heavy (non-hydrogen) atoms. The molecule has 8 heteroatoms. The fourth-order valence-electron chi connectivity index (χ4n) is 1.71. The zero-order valence-corrected chi connectivity index (χ0v) is 14.9. The molecule has 0 fully saturated rings. The summed E-state index contributed by atoms with van der Waals surface area (Å²) < 4.78 is 18.7. The highest BCUT2D eigenvalue weighted by Gasteiger charge is 2.18. The van der Waals surface area contributed by atoms with E-state index in [2.05, 4.69) is 10.6 Å². The summed E-state index contributed by atoms with van der Waals surface area (Å²) in [7, 11) is 0. The van der Waals surface area contributed by atoms with Crippen molar-refractivity contribution in [2.75, 3.05) is 18.5 Å². The maximum atomic E-state index is 13.3. The molecule has 2 amide bonds. The highest BCUT2D eigenvalue weighted by atomic mass is 35.5. The minimum Gasteiger partial charge on any atom is -0.491 e. The number of hydrogen-bond donors (Lipinski definition) is 3. The van der Waals surface area contributed by atoms with Crippen molar-refractivity contribution in [3.63, 3.8) is 0 Å². The van der Waals surface area contributed by atoms with Gasteiger partial charge < -0.3 is 21.1 Å². The van der Waals surface area contributed by atoms with Crippen LogP contribution in [0.2, 0.25) is 0 Å². The molecule has 1 rings (SSSR count). The first-order chi connectivity index (χ1) is 10.8. The zero-order chi connectivity index (χ0) is 17.4. The van der Waals surface area contributed by atoms with Crippen molar-refractivity contribution in [3.05, 3.63) is 24.0 Å². The first-order valence-corrected chi connectivity index (χ1v) is 7.60. The summed E-state index contributed by atoms with van der Waals surface area (Å²) in [6.45, 7) is 5.75. The second-order valence-electron chi connectivity index (χ2n) is 5.52. The van der Waals surface area contributed by atoms with E-state index < -0.39 is 23.7 Å². The number of nitrogens with one attached hydrogen (secondary N) is 2. The van der Waals surface area contributed by atoms with Crippen molar-refractivity contribution < 1.29 is 18.7 Å². The van der Waals surface area contributed by atoms with Crippen LogP contribution < -0.4 is 21.1 Å². The van der Waals surface area contributed by atoms with E-state index >= 15 is 0 Å². The first-order valence-electron chi connectivity index (χ1n) is 7.60. The topological polar surface area (TPSA) is 93.5 Å². The van der Waals surface area contributed by atoms with E-state index in [0.29, 0.717) is 12.3 Å². The van der Waals surface area contributed by atoms with Crippen LogP contribution in [0, 0.1) is 11.7 Å². The highest BCUT2D eigenvalue weighted by molar-refractivity contribution is 5.96. The van der Waals surface area contributed by atoms with Crippen LogP contribution in [-0.4, -0.2) is 31.0 Å². The summed E-state index contributed by atoms with van der Waals surface area (Å²) in [6, 6.07) is 3.18. The van der Waals surface area contributed by atoms with Crippen LogP contribution in [0.4, 0.5) is 10.1 Å². The lowest BCUT2D eigenvalue weighted by atomic mass is 10.1. The van der Waals surface area contributed by atoms with Gasteiger partial charge in [0.2, 0.25) is 11.8 Å². The molecule has 1 atom stereocenters. The molecule has 0 aliphatic rings. The van der Waals surface area contributed by atoms with Crippen molar-refractivity contribution in [2.45, 2.75) is 33.2 Å². The van der Waals surface area contributed by atoms with Crippen molar-refractivity contribution in [3.8, 4) is 5.75 Å². The van der Waals surface area contributed by atoms with Crippen LogP contribution in [0.1, 0.15) is 27.2 Å². The van der Waals surface area contributed by atoms with Crippen LogP contribution >= 0.6 is 12.4 Å². The molecule has 1 aromatic rings. The lowest BCUT2D eigenvalue weighted by molar-refractivity contribution is -0.125. The number of benzene rings is 1. The Morgan fingerprint density at radius 1 is 1.33 bits per heavy atom. The predicted octanol–water partition coefficient (Wildman–Crippen LogP) is 2.07. The Kier molecular flexibility index (Phi) is 9.99. The summed E-state index contributed by atoms with van der Waals surface area (Å²) >= 11 is 0. The summed E-state index contributed by atoms with van der Waals surface area (Å²) in [5, 5.41) is 5.05. The molecule has 136 valence electrons. The van der Waals surface area contributed by atoms with Crippen molar-refractivity contribution in [2.24, 2.45) is 11.7 Å². The van der Waals surface area contributed by atoms with Gasteiger partial charge >= 0.3 is 0 Å². The van der Waals surface area contributed by atoms with Gasteiger partial charge in [-0.15, -0.1) is 12.4 Å². The molecule has 0 aromatic heterocycles. The molecule has 0 spiro atoms. The number of carbonyl (C=O) groups is 2. The highest BCUT2D eigenvalue weighted by Crippen LogP contribution is 2.25. The van der Waals surface area contributed by atoms with Gasteiger partial charge in [0, 0.05) is 6.07 Å². The SMILES string of the molecule is CCCOc1cc(F)ccc1NC(=O)CNC(=O)[C@@H](N)C(C)C.Cl. The third-order valence-corrected chi connectivity index (χ3v) is 3.12. The Hall–Kier alpha value is -1.86. The molecule has 4 N–H and O–H groups in total. The molecule has 0 aliphatic heterocycles. The maximum absolute atomic E-state index is 13.3. The molecule has 0 saturated heterocycles. The standard InChI is InChI=1S/C16H24FN3O3.ClH/c1-4-7-23-13-8-11(17)5-6-12(13)20-14(21)9-19-16(22)15(18)10(2)3;/h5-6,8,10,15H,4,7,9,18H2,1-3H3,(H,19,22)(H,20,21);1H/t15-;/m0./s1. The van der Waals surface area contributed by atoms with E-state index in [-0.39, 0.29) is 30.6 Å². The van der Waals surface area contributed by atoms with Gasteiger partial charge in [-0.25, -0.2) is 4.39 Å². The van der Waals surface area contributed by atoms with Gasteiger partial charge in [0.15, 0.2) is 0 Å². The van der Waals surface area contributed by atoms with Crippen molar-refractivity contribution in [1.82, 2.24) is 5.32 Å². The van der Waals surface area contributed by atoms with Crippen LogP contribution in [0.5, 0.6) is 5.75 Å². The maximum Gasteiger partial charge on any atom is 0.243 e. The lowest BCUT2D eigenvalue weighted by Gasteiger charge is -2.16. The lowest BCUT2D eigenvalue weighted by Crippen LogP contribution is -2.46. The van der Waals surface area contributed by atoms with Gasteiger partial charge in [0.1, 0.15) is 11.6 Å². The van der Waals surface area contributed by atoms with Crippen LogP contribution in [-0.2, 0) is 9.59 Å². The Balaban J connectivity index is 0.00000529. The number of rotatable bonds is 8. The van der Waals surface area contributed by atoms with E-state index in [1.165, 1.54) is 18.2 Å². The number of ether oxygens (including phenoxy) is 1. The van der Waals surface area contributed by atoms with E-state index in [0.717, 1.165) is 6.42 Å². The van der Waals surface area contributed by atoms with Gasteiger partial charge in [-0.05, 0) is 24.5 Å². The fourth-order valence-corrected chi connectivity index (χ4v) is 1.71. The summed E-state index contributed by atoms with van der Waals surface area (Å²) in [5.74, 6) is -1.06. The average molecular weight is 362 g/mol. The predicted molar refractivity (Wildman–Crippen MR) is 93.9 cm³/mol. The average Bonchev–Trinajstić information content (AvgIpc) is 2.51. The molecule has 0 saturated carbocycles. The number of carbonyl (C=O) groups excluding carboxylic acids is 2. The molecule has 0 heterocycles. The number of amides is 2. The van der Waals surface area contributed by atoms with E-state index in [9.17, 15) is 14.0 Å². The summed E-state index contributed by atoms with van der Waals surface area (Å²) in [6.07, 6.45) is 0.757. The zero-order valence-electron chi connectivity index (χ0n) is 14.1. The number of halogens is 2. The normalized spacial score (nSPS) is 11.4. The number of anilines is 1. The minimum absolute atomic E-state index is 0. The van der Waals surface area contributed by atoms with Gasteiger partial charge in [-0.1, -0.05) is 20.8 Å². The van der Waals surface area contributed by atoms with Gasteiger partial charge in [0.05, 0.1) is 24.9 Å². The van der Waals surface area contributed by atoms with E-state index in [1.54, 1.807) is 0 Å². The second-order valence-corrected chi connectivity index (χ2v) is 5.52. The van der Waals surface area contributed by atoms with Crippen molar-refractivity contribution in [1.29, 1.82) is 0 Å². The first kappa shape index (κ1) is 22.1. The fraction of sp³-hybridized carbons (Fsp3) is 0.500. The van der Waals surface area contributed by atoms with Gasteiger partial charge in [-0.3, -0.25) is 9.59 Å². The van der Waals surface area contributed by atoms with E-state index in [1.807, 2.05) is 20.8 Å². The monoisotopic (exact) mass is 361 g/mol. The van der Waals surface area contributed by atoms with Crippen LogP contribution in [0.25, 0.3) is 0 Å². The largest absolute Gasteiger partial charge is 0.491 e. The van der Waals surface area contributed by atoms with Gasteiger partial charge in [-0.2, -0.15) is 0 Å². The van der Waals surface area contributed by atoms with Crippen molar-refractivity contribution >= 4 is 29.9 Å². The smallest absolute Gasteiger partial charge is 0.243 e. The Labute approximate surface area is 147 Å². The molecule has 1 aromatic carbocycles. The second kappa shape index (κ2) is 10.8. The minimum atomic E-state index is -0.669. The molecule has 0 bridgehead atoms. The number of hydrogen-bond acceptors (Lipinski definition) is 4. The molecular weight excluding hydrogens is 337 g/mol. The quantitative estimate of drug-likeness (QED) is 0.660. The molecule has 0 unspecified atom stereocenters. The molecule has 6 nitrogen and oxygen atoms in total. The molecule has 0 radical (unpaired) electrons. The Morgan fingerprint density at radius 2 is 2.00 bits per heavy atom. The molecular formula is C16H25ClFN3O3. The Morgan fingerprint density at radius 3 is 2.58 bits per heavy atom. The third-order valence-electron chi connectivity index (χ3n) is 3.12.